The summed E-state index contributed by atoms with van der Waals surface area (Å²) in [6.07, 6.45) is 0. The van der Waals surface area contributed by atoms with Crippen LogP contribution in [0.3, 0.4) is 0 Å². The molecule has 11 heavy (non-hydrogen) atoms. The highest BCUT2D eigenvalue weighted by molar-refractivity contribution is 5.31. The van der Waals surface area contributed by atoms with Gasteiger partial charge in [-0.05, 0) is 0 Å². The predicted molar refractivity (Wildman–Crippen MR) is 41.8 cm³/mol. The average molecular weight is 157 g/mol. The van der Waals surface area contributed by atoms with Crippen LogP contribution in [0, 0.1) is 0 Å². The van der Waals surface area contributed by atoms with Crippen molar-refractivity contribution in [1.82, 2.24) is 10.2 Å². The molecule has 0 aliphatic carbocycles. The number of methoxy groups -OCH3 is 1. The molecule has 0 aliphatic heterocycles. The lowest BCUT2D eigenvalue weighted by atomic mass is 10.6. The smallest absolute Gasteiger partial charge is 0.266 e. The average Bonchev–Trinajstić information content (AvgIpc) is 2.37. The molecule has 0 bridgehead atoms. The normalized spacial score (nSPS) is 9.91. The van der Waals surface area contributed by atoms with Crippen molar-refractivity contribution in [3.8, 4) is 0 Å². The molecule has 0 unspecified atom stereocenters. The molecule has 5 nitrogen and oxygen atoms in total. The van der Waals surface area contributed by atoms with E-state index in [0.29, 0.717) is 19.0 Å². The quantitative estimate of drug-likeness (QED) is 0.528. The van der Waals surface area contributed by atoms with Crippen LogP contribution in [-0.2, 0) is 4.74 Å². The van der Waals surface area contributed by atoms with Crippen molar-refractivity contribution >= 4 is 5.82 Å². The van der Waals surface area contributed by atoms with Gasteiger partial charge in [0.05, 0.1) is 6.61 Å². The first kappa shape index (κ1) is 7.87. The zero-order valence-corrected chi connectivity index (χ0v) is 6.31. The lowest BCUT2D eigenvalue weighted by Crippen LogP contribution is -2.07. The summed E-state index contributed by atoms with van der Waals surface area (Å²) in [6.45, 7) is 1.30. The van der Waals surface area contributed by atoms with Crippen LogP contribution in [-0.4, -0.2) is 30.5 Å². The summed E-state index contributed by atoms with van der Waals surface area (Å²) in [6, 6.07) is 1.45. The first-order chi connectivity index (χ1) is 5.33. The minimum absolute atomic E-state index is 0.134. The second-order valence-electron chi connectivity index (χ2n) is 2.09. The van der Waals surface area contributed by atoms with E-state index in [-0.39, 0.29) is 5.56 Å². The van der Waals surface area contributed by atoms with Gasteiger partial charge in [0.25, 0.3) is 5.56 Å². The van der Waals surface area contributed by atoms with Crippen LogP contribution in [0.2, 0.25) is 0 Å². The maximum Gasteiger partial charge on any atom is 0.266 e. The van der Waals surface area contributed by atoms with Gasteiger partial charge in [0.1, 0.15) is 5.82 Å². The third-order valence-corrected chi connectivity index (χ3v) is 1.22. The number of rotatable bonds is 4. The second kappa shape index (κ2) is 3.82. The first-order valence-electron chi connectivity index (χ1n) is 3.33. The topological polar surface area (TPSA) is 69.9 Å². The molecule has 1 rings (SSSR count). The van der Waals surface area contributed by atoms with Gasteiger partial charge in [0, 0.05) is 19.7 Å². The zero-order chi connectivity index (χ0) is 8.10. The van der Waals surface area contributed by atoms with Crippen molar-refractivity contribution in [1.29, 1.82) is 0 Å². The molecular weight excluding hydrogens is 146 g/mol. The Kier molecular flexibility index (Phi) is 2.74. The van der Waals surface area contributed by atoms with E-state index in [2.05, 4.69) is 15.5 Å². The maximum atomic E-state index is 10.6. The molecule has 0 atom stereocenters. The van der Waals surface area contributed by atoms with Crippen molar-refractivity contribution in [2.45, 2.75) is 0 Å². The highest BCUT2D eigenvalue weighted by atomic mass is 16.5. The fraction of sp³-hybridized carbons (Fsp3) is 0.500. The van der Waals surface area contributed by atoms with E-state index < -0.39 is 0 Å². The molecule has 0 aliphatic rings. The Balaban J connectivity index is 2.33. The Morgan fingerprint density at radius 3 is 3.00 bits per heavy atom. The van der Waals surface area contributed by atoms with Crippen molar-refractivity contribution in [3.05, 3.63) is 16.4 Å². The number of nitrogens with one attached hydrogen (secondary N) is 3. The van der Waals surface area contributed by atoms with E-state index in [9.17, 15) is 4.79 Å². The Hall–Kier alpha value is -1.23. The van der Waals surface area contributed by atoms with Gasteiger partial charge < -0.3 is 10.1 Å². The minimum atomic E-state index is -0.134. The Morgan fingerprint density at radius 2 is 2.45 bits per heavy atom. The minimum Gasteiger partial charge on any atom is -0.383 e. The molecule has 1 aromatic rings. The molecule has 3 N–H and O–H groups in total. The van der Waals surface area contributed by atoms with E-state index in [0.717, 1.165) is 0 Å². The number of anilines is 1. The van der Waals surface area contributed by atoms with Gasteiger partial charge in [-0.3, -0.25) is 15.0 Å². The molecule has 0 radical (unpaired) electrons. The van der Waals surface area contributed by atoms with E-state index in [1.807, 2.05) is 0 Å². The molecule has 1 aromatic heterocycles. The van der Waals surface area contributed by atoms with Crippen molar-refractivity contribution in [2.75, 3.05) is 25.6 Å². The summed E-state index contributed by atoms with van der Waals surface area (Å²) in [5.74, 6) is 0.687. The van der Waals surface area contributed by atoms with Crippen LogP contribution in [0.1, 0.15) is 0 Å². The van der Waals surface area contributed by atoms with Crippen molar-refractivity contribution < 1.29 is 4.74 Å². The van der Waals surface area contributed by atoms with Gasteiger partial charge in [0.15, 0.2) is 0 Å². The van der Waals surface area contributed by atoms with Gasteiger partial charge in [-0.25, -0.2) is 0 Å². The molecule has 5 heteroatoms. The summed E-state index contributed by atoms with van der Waals surface area (Å²) >= 11 is 0. The largest absolute Gasteiger partial charge is 0.383 e. The van der Waals surface area contributed by atoms with E-state index in [1.54, 1.807) is 7.11 Å². The molecule has 1 heterocycles. The lowest BCUT2D eigenvalue weighted by molar-refractivity contribution is 0.210. The third kappa shape index (κ3) is 2.46. The molecule has 0 amide bonds. The van der Waals surface area contributed by atoms with Crippen LogP contribution in [0.4, 0.5) is 5.82 Å². The fourth-order valence-corrected chi connectivity index (χ4v) is 0.715. The molecule has 0 saturated carbocycles. The number of hydrogen-bond donors (Lipinski definition) is 3. The van der Waals surface area contributed by atoms with Crippen LogP contribution in [0.15, 0.2) is 10.9 Å². The van der Waals surface area contributed by atoms with E-state index in [4.69, 9.17) is 4.74 Å². The predicted octanol–water partition coefficient (Wildman–Crippen LogP) is -0.239. The molecule has 0 saturated heterocycles. The molecule has 0 spiro atoms. The Labute approximate surface area is 63.7 Å². The zero-order valence-electron chi connectivity index (χ0n) is 6.31. The van der Waals surface area contributed by atoms with Crippen LogP contribution in [0.25, 0.3) is 0 Å². The van der Waals surface area contributed by atoms with Crippen LogP contribution in [0.5, 0.6) is 0 Å². The summed E-state index contributed by atoms with van der Waals surface area (Å²) in [5.41, 5.74) is -0.134. The van der Waals surface area contributed by atoms with Crippen molar-refractivity contribution in [3.63, 3.8) is 0 Å². The van der Waals surface area contributed by atoms with Gasteiger partial charge in [-0.15, -0.1) is 0 Å². The second-order valence-corrected chi connectivity index (χ2v) is 2.09. The number of aromatic nitrogens is 2. The Bertz CT molecular complexity index is 252. The van der Waals surface area contributed by atoms with Crippen LogP contribution >= 0.6 is 0 Å². The summed E-state index contributed by atoms with van der Waals surface area (Å²) < 4.78 is 4.81. The van der Waals surface area contributed by atoms with Gasteiger partial charge >= 0.3 is 0 Å². The van der Waals surface area contributed by atoms with E-state index >= 15 is 0 Å². The number of hydrogen-bond acceptors (Lipinski definition) is 3. The maximum absolute atomic E-state index is 10.6. The molecule has 62 valence electrons. The van der Waals surface area contributed by atoms with Crippen molar-refractivity contribution in [2.24, 2.45) is 0 Å². The molecule has 0 fully saturated rings. The van der Waals surface area contributed by atoms with E-state index in [1.165, 1.54) is 6.07 Å². The fourth-order valence-electron chi connectivity index (χ4n) is 0.715. The molecule has 0 aromatic carbocycles. The molecular formula is C6H11N3O2. The lowest BCUT2D eigenvalue weighted by Gasteiger charge is -1.99. The highest BCUT2D eigenvalue weighted by Gasteiger charge is 1.92. The Morgan fingerprint density at radius 1 is 1.64 bits per heavy atom. The third-order valence-electron chi connectivity index (χ3n) is 1.22. The number of aromatic amines is 2. The first-order valence-corrected chi connectivity index (χ1v) is 3.33. The van der Waals surface area contributed by atoms with Gasteiger partial charge in [-0.2, -0.15) is 0 Å². The monoisotopic (exact) mass is 157 g/mol. The number of ether oxygens (including phenoxy) is 1. The van der Waals surface area contributed by atoms with Gasteiger partial charge in [0.2, 0.25) is 0 Å². The SMILES string of the molecule is COCCNc1cc(=O)[nH][nH]1. The van der Waals surface area contributed by atoms with Crippen LogP contribution < -0.4 is 10.9 Å². The standard InChI is InChI=1S/C6H11N3O2/c1-11-3-2-7-5-4-6(10)9-8-5/h4H,2-3H2,1H3,(H3,7,8,9,10). The summed E-state index contributed by atoms with van der Waals surface area (Å²) in [7, 11) is 1.63. The summed E-state index contributed by atoms with van der Waals surface area (Å²) in [4.78, 5) is 10.6. The number of H-pyrrole nitrogens is 2. The highest BCUT2D eigenvalue weighted by Crippen LogP contribution is 1.92. The van der Waals surface area contributed by atoms with Gasteiger partial charge in [-0.1, -0.05) is 0 Å². The summed E-state index contributed by atoms with van der Waals surface area (Å²) in [5, 5.41) is 8.03.